The van der Waals surface area contributed by atoms with Crippen molar-refractivity contribution < 1.29 is 19.8 Å². The van der Waals surface area contributed by atoms with Crippen LogP contribution >= 0.6 is 0 Å². The third-order valence-electron chi connectivity index (χ3n) is 8.77. The third-order valence-corrected chi connectivity index (χ3v) is 8.77. The molecular formula is C34H28N2O4. The summed E-state index contributed by atoms with van der Waals surface area (Å²) >= 11 is 0. The number of fused-ring (bicyclic) bond motifs is 2. The predicted octanol–water partition coefficient (Wildman–Crippen LogP) is 6.71. The summed E-state index contributed by atoms with van der Waals surface area (Å²) in [7, 11) is 0. The molecule has 0 unspecified atom stereocenters. The standard InChI is InChI=1S/C34H28N2O4/c1-33(2)19-12-5-7-14-21(19)35-31(33)25-27(37)23(28(25)38)17-10-9-11-18(16-17)24-29(39)26(30(24)40)32-34(3,4)20-13-6-8-15-22(20)36-32/h5-16,35-37,39H,1-4H3. The Bertz CT molecular complexity index is 1720. The molecule has 3 aromatic carbocycles. The average Bonchev–Trinajstić information content (AvgIpc) is 3.33. The molecule has 2 aliphatic carbocycles. The number of aliphatic hydroxyl groups excluding tert-OH is 2. The molecule has 6 heteroatoms. The summed E-state index contributed by atoms with van der Waals surface area (Å²) in [5, 5.41) is 28.9. The Hall–Kier alpha value is -4.84. The van der Waals surface area contributed by atoms with E-state index in [2.05, 4.69) is 10.6 Å². The van der Waals surface area contributed by atoms with Crippen molar-refractivity contribution in [1.82, 2.24) is 0 Å². The maximum atomic E-state index is 13.4. The van der Waals surface area contributed by atoms with Crippen LogP contribution in [0.3, 0.4) is 0 Å². The van der Waals surface area contributed by atoms with E-state index in [0.29, 0.717) is 22.5 Å². The number of hydrogen-bond acceptors (Lipinski definition) is 6. The molecular weight excluding hydrogens is 500 g/mol. The molecule has 0 atom stereocenters. The molecule has 0 radical (unpaired) electrons. The lowest BCUT2D eigenvalue weighted by Crippen LogP contribution is -2.30. The first kappa shape index (κ1) is 24.2. The monoisotopic (exact) mass is 528 g/mol. The average molecular weight is 529 g/mol. The number of benzene rings is 3. The summed E-state index contributed by atoms with van der Waals surface area (Å²) in [4.78, 5) is 26.9. The van der Waals surface area contributed by atoms with Crippen molar-refractivity contribution in [3.63, 3.8) is 0 Å². The number of carbonyl (C=O) groups is 2. The van der Waals surface area contributed by atoms with E-state index in [-0.39, 0.29) is 45.4 Å². The second kappa shape index (κ2) is 7.85. The van der Waals surface area contributed by atoms with Crippen LogP contribution in [0.4, 0.5) is 11.4 Å². The van der Waals surface area contributed by atoms with Crippen LogP contribution in [0.2, 0.25) is 0 Å². The molecule has 2 heterocycles. The zero-order chi connectivity index (χ0) is 28.1. The van der Waals surface area contributed by atoms with Crippen LogP contribution in [0, 0.1) is 0 Å². The third kappa shape index (κ3) is 2.99. The van der Waals surface area contributed by atoms with Crippen molar-refractivity contribution in [2.45, 2.75) is 38.5 Å². The number of Topliss-reactive ketones (excluding diaryl/α,β-unsaturated/α-hetero) is 2. The van der Waals surface area contributed by atoms with Gasteiger partial charge in [-0.2, -0.15) is 0 Å². The van der Waals surface area contributed by atoms with Gasteiger partial charge < -0.3 is 20.8 Å². The van der Waals surface area contributed by atoms with Crippen molar-refractivity contribution in [3.05, 3.63) is 129 Å². The molecule has 4 aliphatic rings. The molecule has 0 aromatic heterocycles. The predicted molar refractivity (Wildman–Crippen MR) is 156 cm³/mol. The highest BCUT2D eigenvalue weighted by atomic mass is 16.3. The van der Waals surface area contributed by atoms with E-state index in [0.717, 1.165) is 22.5 Å². The number of aliphatic hydroxyl groups is 2. The van der Waals surface area contributed by atoms with Gasteiger partial charge in [0, 0.05) is 33.6 Å². The maximum Gasteiger partial charge on any atom is 0.202 e. The first-order valence-corrected chi connectivity index (χ1v) is 13.3. The SMILES string of the molecule is CC1(C)C(=C2C(=O)C(c3cccc(C4=C(O)C(=C5Nc6ccccc6C5(C)C)C4=O)c3)=C2O)Nc2ccccc21. The molecule has 3 aromatic rings. The lowest BCUT2D eigenvalue weighted by molar-refractivity contribution is -0.112. The fourth-order valence-electron chi connectivity index (χ4n) is 6.51. The molecule has 0 fully saturated rings. The van der Waals surface area contributed by atoms with Gasteiger partial charge in [-0.15, -0.1) is 0 Å². The highest BCUT2D eigenvalue weighted by molar-refractivity contribution is 6.41. The van der Waals surface area contributed by atoms with Crippen molar-refractivity contribution in [2.75, 3.05) is 10.6 Å². The summed E-state index contributed by atoms with van der Waals surface area (Å²) < 4.78 is 0. The first-order valence-electron chi connectivity index (χ1n) is 13.3. The number of para-hydroxylation sites is 2. The summed E-state index contributed by atoms with van der Waals surface area (Å²) in [6.07, 6.45) is 0. The Balaban J connectivity index is 1.26. The molecule has 198 valence electrons. The van der Waals surface area contributed by atoms with Crippen LogP contribution < -0.4 is 10.6 Å². The van der Waals surface area contributed by atoms with E-state index in [1.54, 1.807) is 24.3 Å². The zero-order valence-electron chi connectivity index (χ0n) is 22.6. The van der Waals surface area contributed by atoms with Crippen molar-refractivity contribution in [2.24, 2.45) is 0 Å². The molecule has 6 nitrogen and oxygen atoms in total. The number of carbonyl (C=O) groups excluding carboxylic acids is 2. The molecule has 0 saturated carbocycles. The van der Waals surface area contributed by atoms with E-state index in [9.17, 15) is 19.8 Å². The quantitative estimate of drug-likeness (QED) is 0.276. The molecule has 40 heavy (non-hydrogen) atoms. The van der Waals surface area contributed by atoms with Gasteiger partial charge in [-0.05, 0) is 40.5 Å². The molecule has 0 amide bonds. The molecule has 4 N–H and O–H groups in total. The topological polar surface area (TPSA) is 98.7 Å². The molecule has 7 rings (SSSR count). The first-order chi connectivity index (χ1) is 19.0. The normalized spacial score (nSPS) is 23.8. The van der Waals surface area contributed by atoms with Gasteiger partial charge in [0.25, 0.3) is 0 Å². The Morgan fingerprint density at radius 2 is 0.950 bits per heavy atom. The van der Waals surface area contributed by atoms with Crippen LogP contribution in [0.25, 0.3) is 11.1 Å². The zero-order valence-corrected chi connectivity index (χ0v) is 22.6. The minimum Gasteiger partial charge on any atom is -0.506 e. The van der Waals surface area contributed by atoms with Crippen molar-refractivity contribution >= 4 is 34.1 Å². The van der Waals surface area contributed by atoms with E-state index in [1.807, 2.05) is 76.2 Å². The highest BCUT2D eigenvalue weighted by Gasteiger charge is 2.47. The van der Waals surface area contributed by atoms with Gasteiger partial charge in [-0.3, -0.25) is 9.59 Å². The number of rotatable bonds is 2. The van der Waals surface area contributed by atoms with Gasteiger partial charge >= 0.3 is 0 Å². The van der Waals surface area contributed by atoms with E-state index in [1.165, 1.54) is 0 Å². The van der Waals surface area contributed by atoms with Crippen LogP contribution in [-0.2, 0) is 20.4 Å². The Morgan fingerprint density at radius 3 is 1.32 bits per heavy atom. The van der Waals surface area contributed by atoms with Crippen molar-refractivity contribution in [3.8, 4) is 0 Å². The number of anilines is 2. The summed E-state index contributed by atoms with van der Waals surface area (Å²) in [6.45, 7) is 8.09. The van der Waals surface area contributed by atoms with Crippen LogP contribution in [0.15, 0.2) is 107 Å². The van der Waals surface area contributed by atoms with Gasteiger partial charge in [0.1, 0.15) is 11.5 Å². The van der Waals surface area contributed by atoms with Gasteiger partial charge in [-0.1, -0.05) is 82.3 Å². The summed E-state index contributed by atoms with van der Waals surface area (Å²) in [5.41, 5.74) is 6.35. The Morgan fingerprint density at radius 1 is 0.550 bits per heavy atom. The second-order valence-corrected chi connectivity index (χ2v) is 11.8. The fourth-order valence-corrected chi connectivity index (χ4v) is 6.51. The number of nitrogens with one attached hydrogen (secondary N) is 2. The van der Waals surface area contributed by atoms with Crippen LogP contribution in [0.1, 0.15) is 49.9 Å². The van der Waals surface area contributed by atoms with Crippen molar-refractivity contribution in [1.29, 1.82) is 0 Å². The largest absolute Gasteiger partial charge is 0.506 e. The van der Waals surface area contributed by atoms with Gasteiger partial charge in [0.05, 0.1) is 22.3 Å². The van der Waals surface area contributed by atoms with Crippen LogP contribution in [-0.4, -0.2) is 21.8 Å². The minimum absolute atomic E-state index is 0.0684. The molecule has 0 bridgehead atoms. The van der Waals surface area contributed by atoms with Gasteiger partial charge in [-0.25, -0.2) is 0 Å². The lowest BCUT2D eigenvalue weighted by atomic mass is 9.74. The summed E-state index contributed by atoms with van der Waals surface area (Å²) in [6, 6.07) is 22.6. The van der Waals surface area contributed by atoms with Gasteiger partial charge in [0.15, 0.2) is 0 Å². The van der Waals surface area contributed by atoms with E-state index >= 15 is 0 Å². The number of hydrogen-bond donors (Lipinski definition) is 4. The lowest BCUT2D eigenvalue weighted by Gasteiger charge is -2.30. The molecule has 0 spiro atoms. The van der Waals surface area contributed by atoms with E-state index in [4.69, 9.17) is 0 Å². The smallest absolute Gasteiger partial charge is 0.202 e. The second-order valence-electron chi connectivity index (χ2n) is 11.8. The highest BCUT2D eigenvalue weighted by Crippen LogP contribution is 2.51. The Kier molecular flexibility index (Phi) is 4.75. The summed E-state index contributed by atoms with van der Waals surface area (Å²) in [5.74, 6) is -0.649. The Labute approximate surface area is 232 Å². The molecule has 2 aliphatic heterocycles. The maximum absolute atomic E-state index is 13.4. The number of ketones is 2. The van der Waals surface area contributed by atoms with Gasteiger partial charge in [0.2, 0.25) is 11.6 Å². The fraction of sp³-hybridized carbons (Fsp3) is 0.176. The van der Waals surface area contributed by atoms with Crippen LogP contribution in [0.5, 0.6) is 0 Å². The number of allylic oxidation sites excluding steroid dienone is 6. The molecule has 0 saturated heterocycles. The van der Waals surface area contributed by atoms with E-state index < -0.39 is 10.8 Å². The minimum atomic E-state index is -0.469.